The average molecular weight is 260 g/mol. The van der Waals surface area contributed by atoms with Crippen LogP contribution in [0.1, 0.15) is 32.1 Å². The molecular weight excluding hydrogens is 236 g/mol. The molecule has 0 amide bonds. The van der Waals surface area contributed by atoms with Crippen LogP contribution in [0.4, 0.5) is 0 Å². The van der Waals surface area contributed by atoms with Gasteiger partial charge in [0.2, 0.25) is 0 Å². The standard InChI is InChI=1S/C13H24O3S/c17-11-13(4-7-14-8-5-13)10-15-9-12-3-1-2-6-16-12/h12,17H,1-11H2. The molecule has 2 aliphatic heterocycles. The van der Waals surface area contributed by atoms with Gasteiger partial charge in [-0.25, -0.2) is 0 Å². The van der Waals surface area contributed by atoms with Crippen molar-refractivity contribution < 1.29 is 14.2 Å². The number of rotatable bonds is 5. The molecule has 17 heavy (non-hydrogen) atoms. The van der Waals surface area contributed by atoms with E-state index in [-0.39, 0.29) is 5.41 Å². The molecule has 0 aliphatic carbocycles. The van der Waals surface area contributed by atoms with Gasteiger partial charge in [-0.3, -0.25) is 0 Å². The van der Waals surface area contributed by atoms with Crippen LogP contribution in [-0.2, 0) is 14.2 Å². The smallest absolute Gasteiger partial charge is 0.0808 e. The predicted molar refractivity (Wildman–Crippen MR) is 70.7 cm³/mol. The van der Waals surface area contributed by atoms with E-state index in [2.05, 4.69) is 12.6 Å². The minimum Gasteiger partial charge on any atom is -0.381 e. The molecule has 4 heteroatoms. The van der Waals surface area contributed by atoms with Gasteiger partial charge in [-0.2, -0.15) is 12.6 Å². The molecule has 2 saturated heterocycles. The maximum atomic E-state index is 5.88. The first-order valence-corrected chi connectivity index (χ1v) is 7.36. The molecular formula is C13H24O3S. The van der Waals surface area contributed by atoms with Crippen molar-refractivity contribution in [2.24, 2.45) is 5.41 Å². The topological polar surface area (TPSA) is 27.7 Å². The van der Waals surface area contributed by atoms with Crippen LogP contribution in [0.2, 0.25) is 0 Å². The van der Waals surface area contributed by atoms with Gasteiger partial charge in [0.15, 0.2) is 0 Å². The Labute approximate surface area is 110 Å². The lowest BCUT2D eigenvalue weighted by molar-refractivity contribution is -0.0740. The molecule has 100 valence electrons. The Kier molecular flexibility index (Phi) is 5.60. The molecule has 0 aromatic heterocycles. The molecule has 2 rings (SSSR count). The number of thiol groups is 1. The van der Waals surface area contributed by atoms with Gasteiger partial charge in [0.05, 0.1) is 19.3 Å². The molecule has 0 saturated carbocycles. The third-order valence-corrected chi connectivity index (χ3v) is 4.55. The van der Waals surface area contributed by atoms with Crippen LogP contribution in [-0.4, -0.2) is 44.9 Å². The highest BCUT2D eigenvalue weighted by Gasteiger charge is 2.31. The van der Waals surface area contributed by atoms with Crippen LogP contribution >= 0.6 is 12.6 Å². The highest BCUT2D eigenvalue weighted by Crippen LogP contribution is 2.32. The van der Waals surface area contributed by atoms with Gasteiger partial charge in [-0.05, 0) is 37.9 Å². The summed E-state index contributed by atoms with van der Waals surface area (Å²) in [4.78, 5) is 0. The lowest BCUT2D eigenvalue weighted by Gasteiger charge is -2.36. The van der Waals surface area contributed by atoms with Crippen molar-refractivity contribution in [3.63, 3.8) is 0 Å². The third-order valence-electron chi connectivity index (χ3n) is 3.87. The highest BCUT2D eigenvalue weighted by molar-refractivity contribution is 7.80. The average Bonchev–Trinajstić information content (AvgIpc) is 2.41. The van der Waals surface area contributed by atoms with Gasteiger partial charge in [0, 0.05) is 25.2 Å². The molecule has 0 N–H and O–H groups in total. The zero-order valence-electron chi connectivity index (χ0n) is 10.5. The fraction of sp³-hybridized carbons (Fsp3) is 1.00. The summed E-state index contributed by atoms with van der Waals surface area (Å²) < 4.78 is 17.0. The van der Waals surface area contributed by atoms with E-state index < -0.39 is 0 Å². The molecule has 2 fully saturated rings. The van der Waals surface area contributed by atoms with E-state index >= 15 is 0 Å². The molecule has 0 spiro atoms. The first-order chi connectivity index (χ1) is 8.35. The van der Waals surface area contributed by atoms with E-state index in [1.165, 1.54) is 12.8 Å². The Morgan fingerprint density at radius 3 is 2.65 bits per heavy atom. The maximum Gasteiger partial charge on any atom is 0.0808 e. The van der Waals surface area contributed by atoms with Crippen molar-refractivity contribution in [1.82, 2.24) is 0 Å². The van der Waals surface area contributed by atoms with E-state index in [0.717, 1.165) is 58.0 Å². The second-order valence-corrected chi connectivity index (χ2v) is 5.59. The molecule has 0 bridgehead atoms. The number of hydrogen-bond acceptors (Lipinski definition) is 4. The molecule has 2 heterocycles. The fourth-order valence-electron chi connectivity index (χ4n) is 2.50. The Morgan fingerprint density at radius 2 is 2.00 bits per heavy atom. The Hall–Kier alpha value is 0.230. The first-order valence-electron chi connectivity index (χ1n) is 6.73. The zero-order chi connectivity index (χ0) is 12.0. The lowest BCUT2D eigenvalue weighted by Crippen LogP contribution is -2.37. The Bertz CT molecular complexity index is 211. The van der Waals surface area contributed by atoms with Crippen LogP contribution < -0.4 is 0 Å². The van der Waals surface area contributed by atoms with Crippen LogP contribution in [0.5, 0.6) is 0 Å². The molecule has 1 atom stereocenters. The summed E-state index contributed by atoms with van der Waals surface area (Å²) in [6, 6.07) is 0. The summed E-state index contributed by atoms with van der Waals surface area (Å²) in [5.41, 5.74) is 0.232. The third kappa shape index (κ3) is 4.12. The fourth-order valence-corrected chi connectivity index (χ4v) is 2.91. The summed E-state index contributed by atoms with van der Waals surface area (Å²) in [5.74, 6) is 0.891. The highest BCUT2D eigenvalue weighted by atomic mass is 32.1. The molecule has 0 aromatic rings. The van der Waals surface area contributed by atoms with Gasteiger partial charge >= 0.3 is 0 Å². The Balaban J connectivity index is 1.68. The van der Waals surface area contributed by atoms with Gasteiger partial charge in [0.25, 0.3) is 0 Å². The summed E-state index contributed by atoms with van der Waals surface area (Å²) >= 11 is 4.48. The number of ether oxygens (including phenoxy) is 3. The molecule has 2 aliphatic rings. The van der Waals surface area contributed by atoms with E-state index in [1.807, 2.05) is 0 Å². The maximum absolute atomic E-state index is 5.88. The van der Waals surface area contributed by atoms with Gasteiger partial charge < -0.3 is 14.2 Å². The number of hydrogen-bond donors (Lipinski definition) is 1. The second kappa shape index (κ2) is 6.98. The van der Waals surface area contributed by atoms with Crippen LogP contribution in [0, 0.1) is 5.41 Å². The largest absolute Gasteiger partial charge is 0.381 e. The second-order valence-electron chi connectivity index (χ2n) is 5.27. The van der Waals surface area contributed by atoms with E-state index in [1.54, 1.807) is 0 Å². The lowest BCUT2D eigenvalue weighted by atomic mass is 9.83. The zero-order valence-corrected chi connectivity index (χ0v) is 11.4. The van der Waals surface area contributed by atoms with Crippen LogP contribution in [0.25, 0.3) is 0 Å². The predicted octanol–water partition coefficient (Wildman–Crippen LogP) is 2.30. The molecule has 1 unspecified atom stereocenters. The van der Waals surface area contributed by atoms with Crippen molar-refractivity contribution in [3.8, 4) is 0 Å². The van der Waals surface area contributed by atoms with Crippen molar-refractivity contribution in [3.05, 3.63) is 0 Å². The first kappa shape index (κ1) is 13.7. The SMILES string of the molecule is SCC1(COCC2CCCCO2)CCOCC1. The van der Waals surface area contributed by atoms with Gasteiger partial charge in [-0.15, -0.1) is 0 Å². The summed E-state index contributed by atoms with van der Waals surface area (Å²) in [6.07, 6.45) is 6.09. The summed E-state index contributed by atoms with van der Waals surface area (Å²) in [5, 5.41) is 0. The quantitative estimate of drug-likeness (QED) is 0.769. The molecule has 3 nitrogen and oxygen atoms in total. The van der Waals surface area contributed by atoms with Crippen molar-refractivity contribution in [1.29, 1.82) is 0 Å². The van der Waals surface area contributed by atoms with Crippen LogP contribution in [0.3, 0.4) is 0 Å². The van der Waals surface area contributed by atoms with Gasteiger partial charge in [0.1, 0.15) is 0 Å². The monoisotopic (exact) mass is 260 g/mol. The summed E-state index contributed by atoms with van der Waals surface area (Å²) in [6.45, 7) is 4.16. The van der Waals surface area contributed by atoms with E-state index in [4.69, 9.17) is 14.2 Å². The molecule has 0 radical (unpaired) electrons. The van der Waals surface area contributed by atoms with Crippen molar-refractivity contribution in [2.45, 2.75) is 38.2 Å². The van der Waals surface area contributed by atoms with Gasteiger partial charge in [-0.1, -0.05) is 0 Å². The van der Waals surface area contributed by atoms with E-state index in [0.29, 0.717) is 6.10 Å². The minimum atomic E-state index is 0.232. The van der Waals surface area contributed by atoms with Crippen molar-refractivity contribution in [2.75, 3.05) is 38.8 Å². The Morgan fingerprint density at radius 1 is 1.18 bits per heavy atom. The van der Waals surface area contributed by atoms with Crippen molar-refractivity contribution >= 4 is 12.6 Å². The van der Waals surface area contributed by atoms with E-state index in [9.17, 15) is 0 Å². The van der Waals surface area contributed by atoms with Crippen LogP contribution in [0.15, 0.2) is 0 Å². The molecule has 0 aromatic carbocycles. The minimum absolute atomic E-state index is 0.232. The summed E-state index contributed by atoms with van der Waals surface area (Å²) in [7, 11) is 0. The normalized spacial score (nSPS) is 29.1.